The topological polar surface area (TPSA) is 76.3 Å². The van der Waals surface area contributed by atoms with E-state index in [1.54, 1.807) is 4.31 Å². The van der Waals surface area contributed by atoms with Gasteiger partial charge in [0, 0.05) is 25.0 Å². The second kappa shape index (κ2) is 5.24. The van der Waals surface area contributed by atoms with Gasteiger partial charge in [0.15, 0.2) is 0 Å². The molecule has 0 spiro atoms. The Hall–Kier alpha value is -1.14. The SMILES string of the molecule is CCC1CCCCN1S(=O)(=O)c1cncc(N)c1. The molecule has 0 bridgehead atoms. The summed E-state index contributed by atoms with van der Waals surface area (Å²) in [5, 5.41) is 0. The maximum atomic E-state index is 12.5. The molecular weight excluding hydrogens is 250 g/mol. The summed E-state index contributed by atoms with van der Waals surface area (Å²) in [6.45, 7) is 2.62. The standard InChI is InChI=1S/C12H19N3O2S/c1-2-11-5-3-4-6-15(11)18(16,17)12-7-10(13)8-14-9-12/h7-9,11H,2-6,13H2,1H3. The van der Waals surface area contributed by atoms with Gasteiger partial charge in [-0.25, -0.2) is 8.42 Å². The quantitative estimate of drug-likeness (QED) is 0.904. The third kappa shape index (κ3) is 2.49. The molecule has 1 fully saturated rings. The van der Waals surface area contributed by atoms with Crippen LogP contribution in [0.4, 0.5) is 5.69 Å². The minimum atomic E-state index is -3.45. The molecule has 0 aromatic carbocycles. The molecule has 0 aliphatic carbocycles. The van der Waals surface area contributed by atoms with Gasteiger partial charge in [-0.3, -0.25) is 4.98 Å². The molecule has 0 amide bonds. The van der Waals surface area contributed by atoms with E-state index in [0.717, 1.165) is 25.7 Å². The molecule has 18 heavy (non-hydrogen) atoms. The van der Waals surface area contributed by atoms with Crippen molar-refractivity contribution in [2.24, 2.45) is 0 Å². The fourth-order valence-electron chi connectivity index (χ4n) is 2.41. The van der Waals surface area contributed by atoms with E-state index in [9.17, 15) is 8.42 Å². The molecule has 1 atom stereocenters. The van der Waals surface area contributed by atoms with Crippen LogP contribution in [0.15, 0.2) is 23.4 Å². The Labute approximate surface area is 108 Å². The van der Waals surface area contributed by atoms with Gasteiger partial charge in [-0.15, -0.1) is 0 Å². The summed E-state index contributed by atoms with van der Waals surface area (Å²) in [6, 6.07) is 1.58. The van der Waals surface area contributed by atoms with E-state index < -0.39 is 10.0 Å². The van der Waals surface area contributed by atoms with Crippen LogP contribution in [0.5, 0.6) is 0 Å². The van der Waals surface area contributed by atoms with E-state index >= 15 is 0 Å². The van der Waals surface area contributed by atoms with Gasteiger partial charge in [-0.1, -0.05) is 13.3 Å². The van der Waals surface area contributed by atoms with Gasteiger partial charge in [0.05, 0.1) is 5.69 Å². The summed E-state index contributed by atoms with van der Waals surface area (Å²) in [4.78, 5) is 4.06. The van der Waals surface area contributed by atoms with Crippen molar-refractivity contribution in [2.75, 3.05) is 12.3 Å². The lowest BCUT2D eigenvalue weighted by atomic mass is 10.0. The Morgan fingerprint density at radius 2 is 2.22 bits per heavy atom. The van der Waals surface area contributed by atoms with Crippen molar-refractivity contribution in [2.45, 2.75) is 43.5 Å². The van der Waals surface area contributed by atoms with Crippen molar-refractivity contribution < 1.29 is 8.42 Å². The predicted octanol–water partition coefficient (Wildman–Crippen LogP) is 1.62. The number of nitrogen functional groups attached to an aromatic ring is 1. The Morgan fingerprint density at radius 1 is 1.44 bits per heavy atom. The zero-order valence-corrected chi connectivity index (χ0v) is 11.4. The number of hydrogen-bond donors (Lipinski definition) is 1. The summed E-state index contributed by atoms with van der Waals surface area (Å²) in [7, 11) is -3.45. The first-order valence-corrected chi connectivity index (χ1v) is 7.72. The molecule has 1 aromatic rings. The van der Waals surface area contributed by atoms with E-state index in [0.29, 0.717) is 12.2 Å². The average Bonchev–Trinajstić information content (AvgIpc) is 2.38. The van der Waals surface area contributed by atoms with E-state index in [2.05, 4.69) is 4.98 Å². The first-order valence-electron chi connectivity index (χ1n) is 6.28. The first kappa shape index (κ1) is 13.3. The lowest BCUT2D eigenvalue weighted by Crippen LogP contribution is -2.43. The molecule has 0 saturated carbocycles. The monoisotopic (exact) mass is 269 g/mol. The van der Waals surface area contributed by atoms with Crippen LogP contribution in [0.2, 0.25) is 0 Å². The van der Waals surface area contributed by atoms with Crippen LogP contribution in [0, 0.1) is 0 Å². The number of rotatable bonds is 3. The number of anilines is 1. The molecule has 1 aromatic heterocycles. The molecule has 100 valence electrons. The summed E-state index contributed by atoms with van der Waals surface area (Å²) in [5.74, 6) is 0. The zero-order chi connectivity index (χ0) is 13.2. The molecule has 1 aliphatic heterocycles. The minimum Gasteiger partial charge on any atom is -0.397 e. The van der Waals surface area contributed by atoms with Crippen molar-refractivity contribution >= 4 is 15.7 Å². The first-order chi connectivity index (χ1) is 8.55. The summed E-state index contributed by atoms with van der Waals surface area (Å²) >= 11 is 0. The van der Waals surface area contributed by atoms with Crippen molar-refractivity contribution in [1.29, 1.82) is 0 Å². The van der Waals surface area contributed by atoms with Crippen LogP contribution in [0.1, 0.15) is 32.6 Å². The fourth-order valence-corrected chi connectivity index (χ4v) is 4.18. The smallest absolute Gasteiger partial charge is 0.244 e. The number of hydrogen-bond acceptors (Lipinski definition) is 4. The van der Waals surface area contributed by atoms with Gasteiger partial charge in [-0.2, -0.15) is 4.31 Å². The third-order valence-electron chi connectivity index (χ3n) is 3.39. The molecule has 0 radical (unpaired) electrons. The summed E-state index contributed by atoms with van der Waals surface area (Å²) in [6.07, 6.45) is 6.62. The summed E-state index contributed by atoms with van der Waals surface area (Å²) in [5.41, 5.74) is 5.98. The molecule has 5 nitrogen and oxygen atoms in total. The highest BCUT2D eigenvalue weighted by atomic mass is 32.2. The second-order valence-electron chi connectivity index (χ2n) is 4.63. The lowest BCUT2D eigenvalue weighted by molar-refractivity contribution is 0.246. The number of sulfonamides is 1. The maximum absolute atomic E-state index is 12.5. The minimum absolute atomic E-state index is 0.102. The van der Waals surface area contributed by atoms with Crippen LogP contribution < -0.4 is 5.73 Å². The Kier molecular flexibility index (Phi) is 3.87. The molecule has 2 heterocycles. The van der Waals surface area contributed by atoms with E-state index in [1.807, 2.05) is 6.92 Å². The Balaban J connectivity index is 2.35. The number of nitrogens with zero attached hydrogens (tertiary/aromatic N) is 2. The summed E-state index contributed by atoms with van der Waals surface area (Å²) < 4.78 is 26.7. The number of aromatic nitrogens is 1. The van der Waals surface area contributed by atoms with Crippen molar-refractivity contribution in [1.82, 2.24) is 9.29 Å². The third-order valence-corrected chi connectivity index (χ3v) is 5.30. The van der Waals surface area contributed by atoms with Crippen molar-refractivity contribution in [3.05, 3.63) is 18.5 Å². The molecule has 2 rings (SSSR count). The van der Waals surface area contributed by atoms with Gasteiger partial charge in [-0.05, 0) is 25.3 Å². The van der Waals surface area contributed by atoms with Gasteiger partial charge in [0.1, 0.15) is 4.90 Å². The molecule has 2 N–H and O–H groups in total. The van der Waals surface area contributed by atoms with Gasteiger partial charge < -0.3 is 5.73 Å². The zero-order valence-electron chi connectivity index (χ0n) is 10.5. The van der Waals surface area contributed by atoms with Crippen LogP contribution in [-0.2, 0) is 10.0 Å². The van der Waals surface area contributed by atoms with Gasteiger partial charge >= 0.3 is 0 Å². The average molecular weight is 269 g/mol. The normalized spacial score (nSPS) is 21.9. The van der Waals surface area contributed by atoms with Crippen molar-refractivity contribution in [3.8, 4) is 0 Å². The lowest BCUT2D eigenvalue weighted by Gasteiger charge is -2.34. The largest absolute Gasteiger partial charge is 0.397 e. The van der Waals surface area contributed by atoms with Gasteiger partial charge in [0.25, 0.3) is 0 Å². The Bertz CT molecular complexity index is 516. The highest BCUT2D eigenvalue weighted by Crippen LogP contribution is 2.27. The molecule has 1 saturated heterocycles. The van der Waals surface area contributed by atoms with Crippen LogP contribution >= 0.6 is 0 Å². The number of pyridine rings is 1. The second-order valence-corrected chi connectivity index (χ2v) is 6.52. The Morgan fingerprint density at radius 3 is 2.89 bits per heavy atom. The predicted molar refractivity (Wildman–Crippen MR) is 70.5 cm³/mol. The van der Waals surface area contributed by atoms with Crippen molar-refractivity contribution in [3.63, 3.8) is 0 Å². The molecule has 1 unspecified atom stereocenters. The van der Waals surface area contributed by atoms with Crippen LogP contribution in [0.25, 0.3) is 0 Å². The fraction of sp³-hybridized carbons (Fsp3) is 0.583. The van der Waals surface area contributed by atoms with E-state index in [-0.39, 0.29) is 10.9 Å². The molecule has 6 heteroatoms. The van der Waals surface area contributed by atoms with Crippen LogP contribution in [-0.4, -0.2) is 30.3 Å². The van der Waals surface area contributed by atoms with Crippen LogP contribution in [0.3, 0.4) is 0 Å². The van der Waals surface area contributed by atoms with Gasteiger partial charge in [0.2, 0.25) is 10.0 Å². The van der Waals surface area contributed by atoms with E-state index in [4.69, 9.17) is 5.73 Å². The number of piperidine rings is 1. The maximum Gasteiger partial charge on any atom is 0.244 e. The highest BCUT2D eigenvalue weighted by molar-refractivity contribution is 7.89. The van der Waals surface area contributed by atoms with E-state index in [1.165, 1.54) is 18.5 Å². The highest BCUT2D eigenvalue weighted by Gasteiger charge is 2.32. The number of nitrogens with two attached hydrogens (primary N) is 1. The molecule has 1 aliphatic rings. The molecular formula is C12H19N3O2S.